The van der Waals surface area contributed by atoms with Gasteiger partial charge >= 0.3 is 0 Å². The van der Waals surface area contributed by atoms with Gasteiger partial charge in [0.1, 0.15) is 4.90 Å². The number of anilines is 1. The molecule has 0 unspecified atom stereocenters. The van der Waals surface area contributed by atoms with Gasteiger partial charge < -0.3 is 9.47 Å². The molecule has 0 bridgehead atoms. The average Bonchev–Trinajstić information content (AvgIpc) is 3.13. The Labute approximate surface area is 149 Å². The third-order valence-electron chi connectivity index (χ3n) is 4.28. The minimum atomic E-state index is -3.68. The maximum atomic E-state index is 12.6. The molecule has 4 rings (SSSR count). The molecule has 0 amide bonds. The van der Waals surface area contributed by atoms with E-state index in [1.165, 1.54) is 0 Å². The molecular weight excluding hydrogens is 394 g/mol. The number of sulfonamides is 1. The van der Waals surface area contributed by atoms with E-state index in [-0.39, 0.29) is 4.90 Å². The maximum absolute atomic E-state index is 12.6. The Balaban J connectivity index is 1.60. The number of rotatable bonds is 3. The topological polar surface area (TPSA) is 64.6 Å². The Kier molecular flexibility index (Phi) is 3.73. The molecule has 1 heterocycles. The molecule has 1 saturated carbocycles. The van der Waals surface area contributed by atoms with Crippen LogP contribution in [0.15, 0.2) is 51.8 Å². The van der Waals surface area contributed by atoms with Gasteiger partial charge in [-0.15, -0.1) is 0 Å². The van der Waals surface area contributed by atoms with E-state index in [1.807, 2.05) is 0 Å². The molecule has 7 heteroatoms. The van der Waals surface area contributed by atoms with Crippen LogP contribution in [0.4, 0.5) is 5.69 Å². The molecule has 0 radical (unpaired) electrons. The van der Waals surface area contributed by atoms with Gasteiger partial charge in [0.15, 0.2) is 11.5 Å². The first-order valence-electron chi connectivity index (χ1n) is 7.77. The molecular formula is C17H16BrNO4S. The minimum Gasteiger partial charge on any atom is -0.448 e. The SMILES string of the molecule is O=S(=O)(Nc1ccc2c(c1)OC1(CCCC1)O2)c1ccccc1Br. The van der Waals surface area contributed by atoms with Crippen LogP contribution in [0.1, 0.15) is 25.7 Å². The van der Waals surface area contributed by atoms with Crippen molar-refractivity contribution in [2.75, 3.05) is 4.72 Å². The molecule has 24 heavy (non-hydrogen) atoms. The largest absolute Gasteiger partial charge is 0.448 e. The zero-order valence-electron chi connectivity index (χ0n) is 12.8. The molecule has 1 N–H and O–H groups in total. The first kappa shape index (κ1) is 15.8. The molecule has 2 aromatic carbocycles. The van der Waals surface area contributed by atoms with Crippen molar-refractivity contribution >= 4 is 31.6 Å². The Hall–Kier alpha value is -1.73. The molecule has 1 aliphatic carbocycles. The maximum Gasteiger partial charge on any atom is 0.263 e. The highest BCUT2D eigenvalue weighted by Crippen LogP contribution is 2.47. The normalized spacial score (nSPS) is 18.0. The lowest BCUT2D eigenvalue weighted by atomic mass is 10.2. The summed E-state index contributed by atoms with van der Waals surface area (Å²) >= 11 is 3.27. The van der Waals surface area contributed by atoms with Gasteiger partial charge in [0, 0.05) is 23.4 Å². The lowest BCUT2D eigenvalue weighted by molar-refractivity contribution is -0.0716. The highest BCUT2D eigenvalue weighted by Gasteiger charge is 2.44. The van der Waals surface area contributed by atoms with Crippen LogP contribution < -0.4 is 14.2 Å². The number of hydrogen-bond donors (Lipinski definition) is 1. The monoisotopic (exact) mass is 409 g/mol. The van der Waals surface area contributed by atoms with Crippen molar-refractivity contribution in [2.24, 2.45) is 0 Å². The van der Waals surface area contributed by atoms with Gasteiger partial charge in [0.05, 0.1) is 5.69 Å². The van der Waals surface area contributed by atoms with Crippen LogP contribution >= 0.6 is 15.9 Å². The lowest BCUT2D eigenvalue weighted by Crippen LogP contribution is -2.34. The van der Waals surface area contributed by atoms with Crippen LogP contribution in [0.25, 0.3) is 0 Å². The molecule has 1 aliphatic heterocycles. The average molecular weight is 410 g/mol. The van der Waals surface area contributed by atoms with Crippen LogP contribution in [-0.4, -0.2) is 14.2 Å². The zero-order valence-corrected chi connectivity index (χ0v) is 15.2. The molecule has 0 saturated heterocycles. The predicted octanol–water partition coefficient (Wildman–Crippen LogP) is 4.29. The van der Waals surface area contributed by atoms with E-state index >= 15 is 0 Å². The van der Waals surface area contributed by atoms with Crippen LogP contribution in [0, 0.1) is 0 Å². The second kappa shape index (κ2) is 5.67. The number of benzene rings is 2. The third kappa shape index (κ3) is 2.75. The number of hydrogen-bond acceptors (Lipinski definition) is 4. The number of nitrogens with one attached hydrogen (secondary N) is 1. The molecule has 126 valence electrons. The fraction of sp³-hybridized carbons (Fsp3) is 0.294. The summed E-state index contributed by atoms with van der Waals surface area (Å²) in [4.78, 5) is 0.190. The smallest absolute Gasteiger partial charge is 0.263 e. The van der Waals surface area contributed by atoms with Gasteiger partial charge in [0.25, 0.3) is 15.8 Å². The van der Waals surface area contributed by atoms with Crippen LogP contribution in [0.3, 0.4) is 0 Å². The molecule has 1 fully saturated rings. The van der Waals surface area contributed by atoms with Crippen molar-refractivity contribution < 1.29 is 17.9 Å². The van der Waals surface area contributed by atoms with E-state index in [1.54, 1.807) is 42.5 Å². The molecule has 0 atom stereocenters. The van der Waals surface area contributed by atoms with Gasteiger partial charge in [-0.1, -0.05) is 12.1 Å². The number of fused-ring (bicyclic) bond motifs is 1. The highest BCUT2D eigenvalue weighted by atomic mass is 79.9. The second-order valence-corrected chi connectivity index (χ2v) is 8.52. The van der Waals surface area contributed by atoms with Crippen molar-refractivity contribution in [1.82, 2.24) is 0 Å². The van der Waals surface area contributed by atoms with Gasteiger partial charge in [-0.2, -0.15) is 0 Å². The Morgan fingerprint density at radius 2 is 1.71 bits per heavy atom. The number of halogens is 1. The fourth-order valence-electron chi connectivity index (χ4n) is 3.15. The summed E-state index contributed by atoms with van der Waals surface area (Å²) in [6, 6.07) is 11.8. The Bertz CT molecular complexity index is 891. The zero-order chi connectivity index (χ0) is 16.8. The summed E-state index contributed by atoms with van der Waals surface area (Å²) in [6.07, 6.45) is 3.88. The summed E-state index contributed by atoms with van der Waals surface area (Å²) in [6.45, 7) is 0. The lowest BCUT2D eigenvalue weighted by Gasteiger charge is -2.21. The Morgan fingerprint density at radius 3 is 2.46 bits per heavy atom. The van der Waals surface area contributed by atoms with E-state index in [0.717, 1.165) is 25.7 Å². The van der Waals surface area contributed by atoms with Gasteiger partial charge in [-0.05, 0) is 53.0 Å². The van der Waals surface area contributed by atoms with Crippen molar-refractivity contribution in [1.29, 1.82) is 0 Å². The second-order valence-electron chi connectivity index (χ2n) is 6.02. The summed E-state index contributed by atoms with van der Waals surface area (Å²) < 4.78 is 40.1. The molecule has 2 aromatic rings. The predicted molar refractivity (Wildman–Crippen MR) is 93.8 cm³/mol. The molecule has 0 aromatic heterocycles. The summed E-state index contributed by atoms with van der Waals surface area (Å²) in [5.41, 5.74) is 0.447. The van der Waals surface area contributed by atoms with Crippen molar-refractivity contribution in [2.45, 2.75) is 36.4 Å². The van der Waals surface area contributed by atoms with Crippen molar-refractivity contribution in [3.63, 3.8) is 0 Å². The first-order chi connectivity index (χ1) is 11.5. The highest BCUT2D eigenvalue weighted by molar-refractivity contribution is 9.10. The van der Waals surface area contributed by atoms with Crippen LogP contribution in [0.2, 0.25) is 0 Å². The van der Waals surface area contributed by atoms with Gasteiger partial charge in [-0.3, -0.25) is 4.72 Å². The molecule has 2 aliphatic rings. The van der Waals surface area contributed by atoms with Gasteiger partial charge in [0.2, 0.25) is 0 Å². The minimum absolute atomic E-state index is 0.190. The fourth-order valence-corrected chi connectivity index (χ4v) is 5.20. The third-order valence-corrected chi connectivity index (χ3v) is 6.67. The summed E-state index contributed by atoms with van der Waals surface area (Å²) in [5.74, 6) is 0.701. The van der Waals surface area contributed by atoms with Crippen LogP contribution in [0.5, 0.6) is 11.5 Å². The quantitative estimate of drug-likeness (QED) is 0.820. The molecule has 1 spiro atoms. The molecule has 5 nitrogen and oxygen atoms in total. The van der Waals surface area contributed by atoms with Crippen LogP contribution in [-0.2, 0) is 10.0 Å². The van der Waals surface area contributed by atoms with E-state index in [2.05, 4.69) is 20.7 Å². The first-order valence-corrected chi connectivity index (χ1v) is 10.0. The van der Waals surface area contributed by atoms with E-state index in [4.69, 9.17) is 9.47 Å². The van der Waals surface area contributed by atoms with Crippen molar-refractivity contribution in [3.05, 3.63) is 46.9 Å². The van der Waals surface area contributed by atoms with E-state index in [0.29, 0.717) is 21.7 Å². The number of ether oxygens (including phenoxy) is 2. The van der Waals surface area contributed by atoms with E-state index < -0.39 is 15.8 Å². The van der Waals surface area contributed by atoms with E-state index in [9.17, 15) is 8.42 Å². The van der Waals surface area contributed by atoms with Crippen molar-refractivity contribution in [3.8, 4) is 11.5 Å². The standard InChI is InChI=1S/C17H16BrNO4S/c18-13-5-1-2-6-16(13)24(20,21)19-12-7-8-14-15(11-12)23-17(22-14)9-3-4-10-17/h1-2,5-8,11,19H,3-4,9-10H2. The Morgan fingerprint density at radius 1 is 1.00 bits per heavy atom. The summed E-state index contributed by atoms with van der Waals surface area (Å²) in [7, 11) is -3.68. The van der Waals surface area contributed by atoms with Gasteiger partial charge in [-0.25, -0.2) is 8.42 Å². The summed E-state index contributed by atoms with van der Waals surface area (Å²) in [5, 5.41) is 0.